The highest BCUT2D eigenvalue weighted by atomic mass is 32.1. The number of anilines is 3. The Balaban J connectivity index is 0.882. The molecule has 0 radical (unpaired) electrons. The lowest BCUT2D eigenvalue weighted by atomic mass is 9.85. The van der Waals surface area contributed by atoms with Crippen LogP contribution < -0.4 is 27.0 Å². The Labute approximate surface area is 376 Å². The molecule has 63 heavy (non-hydrogen) atoms. The zero-order valence-electron chi connectivity index (χ0n) is 36.2. The van der Waals surface area contributed by atoms with Gasteiger partial charge in [-0.3, -0.25) is 24.0 Å². The van der Waals surface area contributed by atoms with Crippen LogP contribution in [0.4, 0.5) is 17.1 Å². The number of nitrogens with one attached hydrogen (secondary N) is 4. The molecule has 1 aliphatic rings. The number of rotatable bonds is 18. The van der Waals surface area contributed by atoms with Crippen molar-refractivity contribution < 1.29 is 29.1 Å². The first kappa shape index (κ1) is 46.6. The van der Waals surface area contributed by atoms with Gasteiger partial charge in [-0.05, 0) is 89.7 Å². The van der Waals surface area contributed by atoms with E-state index in [4.69, 9.17) is 5.73 Å². The molecule has 6 rings (SSSR count). The number of carbonyl (C=O) groups excluding carboxylic acids is 5. The Bertz CT molecular complexity index is 2360. The van der Waals surface area contributed by atoms with Gasteiger partial charge in [0.1, 0.15) is 12.1 Å². The van der Waals surface area contributed by atoms with Crippen molar-refractivity contribution in [3.63, 3.8) is 0 Å². The SMILES string of the molecule is Cc1ncsc1-c1ccc(CNC(=O)[C@@H]2C[C@@H](O)CN2C(=O)[C@@H](NC(=O)CCCCCCCC(=O)Nc2ccc(C(=O)Nc3cc(-c4cccs4)ccc3N)cc2)C(C)(C)C)cc1. The molecule has 1 aliphatic heterocycles. The van der Waals surface area contributed by atoms with E-state index in [1.807, 2.05) is 87.1 Å². The van der Waals surface area contributed by atoms with Crippen LogP contribution in [0.5, 0.6) is 0 Å². The maximum atomic E-state index is 14.0. The number of aliphatic hydroxyl groups is 1. The topological polar surface area (TPSA) is 196 Å². The third-order valence-corrected chi connectivity index (χ3v) is 13.0. The predicted molar refractivity (Wildman–Crippen MR) is 251 cm³/mol. The van der Waals surface area contributed by atoms with Gasteiger partial charge in [0.15, 0.2) is 0 Å². The third kappa shape index (κ3) is 12.8. The van der Waals surface area contributed by atoms with E-state index < -0.39 is 29.5 Å². The van der Waals surface area contributed by atoms with Crippen LogP contribution in [0.25, 0.3) is 20.9 Å². The lowest BCUT2D eigenvalue weighted by molar-refractivity contribution is -0.144. The van der Waals surface area contributed by atoms with Crippen molar-refractivity contribution in [1.29, 1.82) is 0 Å². The Kier molecular flexibility index (Phi) is 15.9. The van der Waals surface area contributed by atoms with Crippen LogP contribution in [-0.4, -0.2) is 69.3 Å². The number of nitrogens with two attached hydrogens (primary N) is 1. The molecule has 0 spiro atoms. The fourth-order valence-electron chi connectivity index (χ4n) is 7.50. The number of amides is 5. The lowest BCUT2D eigenvalue weighted by Gasteiger charge is -2.35. The molecule has 5 amide bonds. The molecular weight excluding hydrogens is 835 g/mol. The molecule has 332 valence electrons. The highest BCUT2D eigenvalue weighted by molar-refractivity contribution is 7.13. The largest absolute Gasteiger partial charge is 0.397 e. The van der Waals surface area contributed by atoms with Gasteiger partial charge in [0.25, 0.3) is 5.91 Å². The van der Waals surface area contributed by atoms with Crippen molar-refractivity contribution in [3.8, 4) is 20.9 Å². The van der Waals surface area contributed by atoms with Gasteiger partial charge in [0.2, 0.25) is 23.6 Å². The van der Waals surface area contributed by atoms with Crippen LogP contribution in [0, 0.1) is 12.3 Å². The van der Waals surface area contributed by atoms with Gasteiger partial charge in [-0.15, -0.1) is 22.7 Å². The third-order valence-electron chi connectivity index (χ3n) is 11.1. The molecule has 0 aliphatic carbocycles. The van der Waals surface area contributed by atoms with Gasteiger partial charge in [0.05, 0.1) is 33.6 Å². The molecule has 13 nitrogen and oxygen atoms in total. The van der Waals surface area contributed by atoms with Crippen molar-refractivity contribution in [3.05, 3.63) is 107 Å². The summed E-state index contributed by atoms with van der Waals surface area (Å²) in [5.41, 5.74) is 13.2. The lowest BCUT2D eigenvalue weighted by Crippen LogP contribution is -2.57. The molecule has 5 aromatic rings. The van der Waals surface area contributed by atoms with E-state index in [1.165, 1.54) is 4.90 Å². The molecule has 3 atom stereocenters. The second-order valence-electron chi connectivity index (χ2n) is 17.1. The number of hydrogen-bond acceptors (Lipinski definition) is 10. The van der Waals surface area contributed by atoms with Gasteiger partial charge in [0, 0.05) is 48.5 Å². The van der Waals surface area contributed by atoms with Crippen LogP contribution in [0.3, 0.4) is 0 Å². The normalized spacial score (nSPS) is 15.4. The summed E-state index contributed by atoms with van der Waals surface area (Å²) in [6, 6.07) is 22.4. The van der Waals surface area contributed by atoms with E-state index in [0.29, 0.717) is 41.9 Å². The Hall–Kier alpha value is -5.90. The van der Waals surface area contributed by atoms with Crippen molar-refractivity contribution in [2.24, 2.45) is 5.41 Å². The molecular formula is C48H57N7O6S2. The highest BCUT2D eigenvalue weighted by Crippen LogP contribution is 2.31. The fraction of sp³-hybridized carbons (Fsp3) is 0.375. The number of nitrogens with zero attached hydrogens (tertiary/aromatic N) is 2. The molecule has 7 N–H and O–H groups in total. The molecule has 1 fully saturated rings. The summed E-state index contributed by atoms with van der Waals surface area (Å²) in [6.07, 6.45) is 3.57. The Morgan fingerprint density at radius 1 is 0.857 bits per heavy atom. The van der Waals surface area contributed by atoms with Gasteiger partial charge in [-0.2, -0.15) is 0 Å². The summed E-state index contributed by atoms with van der Waals surface area (Å²) in [6.45, 7) is 7.84. The van der Waals surface area contributed by atoms with E-state index in [2.05, 4.69) is 26.3 Å². The quantitative estimate of drug-likeness (QED) is 0.0374. The van der Waals surface area contributed by atoms with Crippen LogP contribution in [-0.2, 0) is 25.7 Å². The fourth-order valence-corrected chi connectivity index (χ4v) is 9.03. The minimum absolute atomic E-state index is 0.00837. The molecule has 2 aromatic heterocycles. The Morgan fingerprint density at radius 3 is 2.19 bits per heavy atom. The van der Waals surface area contributed by atoms with Crippen molar-refractivity contribution in [2.45, 2.75) is 104 Å². The average Bonchev–Trinajstić information content (AvgIpc) is 4.04. The zero-order valence-corrected chi connectivity index (χ0v) is 37.9. The number of benzene rings is 3. The maximum absolute atomic E-state index is 14.0. The number of β-amino-alcohol motifs (C(OH)–C–C–N with tert-alkyl or cyclic N) is 1. The summed E-state index contributed by atoms with van der Waals surface area (Å²) in [5.74, 6) is -1.43. The van der Waals surface area contributed by atoms with E-state index >= 15 is 0 Å². The Morgan fingerprint density at radius 2 is 1.54 bits per heavy atom. The van der Waals surface area contributed by atoms with Crippen molar-refractivity contribution >= 4 is 69.3 Å². The van der Waals surface area contributed by atoms with Crippen LogP contribution in [0.15, 0.2) is 89.8 Å². The number of aryl methyl sites for hydroxylation is 1. The smallest absolute Gasteiger partial charge is 0.255 e. The predicted octanol–water partition coefficient (Wildman–Crippen LogP) is 8.16. The average molecular weight is 892 g/mol. The summed E-state index contributed by atoms with van der Waals surface area (Å²) in [4.78, 5) is 74.0. The number of aliphatic hydroxyl groups excluding tert-OH is 1. The minimum atomic E-state index is -0.890. The summed E-state index contributed by atoms with van der Waals surface area (Å²) in [5, 5.41) is 24.2. The number of thiazole rings is 1. The molecule has 15 heteroatoms. The van der Waals surface area contributed by atoms with Crippen LogP contribution in [0.1, 0.15) is 93.8 Å². The standard InChI is InChI=1S/C48H57N7O6S2/c1-30-43(63-29-51-30)32-16-14-31(15-17-32)27-50-46(60)39-26-36(56)28-55(39)47(61)44(48(2,3)4)54-42(58)13-9-7-5-6-8-12-41(57)52-35-21-18-33(19-22-35)45(59)53-38-25-34(20-23-37(38)49)40-11-10-24-62-40/h10-11,14-25,29,36,39,44,56H,5-9,12-13,26-28,49H2,1-4H3,(H,50,60)(H,52,57)(H,53,59)(H,54,58)/t36-,39+,44-/m1/s1. The van der Waals surface area contributed by atoms with Crippen LogP contribution >= 0.6 is 22.7 Å². The molecule has 3 heterocycles. The number of carbonyl (C=O) groups is 5. The molecule has 0 saturated carbocycles. The van der Waals surface area contributed by atoms with E-state index in [-0.39, 0.29) is 49.6 Å². The minimum Gasteiger partial charge on any atom is -0.397 e. The number of thiophene rings is 1. The maximum Gasteiger partial charge on any atom is 0.255 e. The van der Waals surface area contributed by atoms with Gasteiger partial charge in [-0.25, -0.2) is 4.98 Å². The second-order valence-corrected chi connectivity index (χ2v) is 18.9. The molecule has 0 bridgehead atoms. The highest BCUT2D eigenvalue weighted by Gasteiger charge is 2.44. The first-order valence-electron chi connectivity index (χ1n) is 21.4. The number of aromatic nitrogens is 1. The second kappa shape index (κ2) is 21.5. The molecule has 0 unspecified atom stereocenters. The first-order valence-corrected chi connectivity index (χ1v) is 23.1. The van der Waals surface area contributed by atoms with Crippen LogP contribution in [0.2, 0.25) is 0 Å². The summed E-state index contributed by atoms with van der Waals surface area (Å²) >= 11 is 3.18. The number of hydrogen-bond donors (Lipinski definition) is 6. The van der Waals surface area contributed by atoms with Gasteiger partial charge >= 0.3 is 0 Å². The first-order chi connectivity index (χ1) is 30.2. The van der Waals surface area contributed by atoms with E-state index in [1.54, 1.807) is 53.0 Å². The number of unbranched alkanes of at least 4 members (excludes halogenated alkanes) is 4. The van der Waals surface area contributed by atoms with Crippen molar-refractivity contribution in [2.75, 3.05) is 22.9 Å². The monoisotopic (exact) mass is 891 g/mol. The van der Waals surface area contributed by atoms with Gasteiger partial charge < -0.3 is 37.0 Å². The summed E-state index contributed by atoms with van der Waals surface area (Å²) in [7, 11) is 0. The summed E-state index contributed by atoms with van der Waals surface area (Å²) < 4.78 is 0. The molecule has 3 aromatic carbocycles. The number of likely N-dealkylation sites (tertiary alicyclic amines) is 1. The molecule has 1 saturated heterocycles. The zero-order chi connectivity index (χ0) is 45.1. The van der Waals surface area contributed by atoms with Crippen molar-refractivity contribution in [1.82, 2.24) is 20.5 Å². The number of nitrogen functional groups attached to an aromatic ring is 1. The van der Waals surface area contributed by atoms with E-state index in [9.17, 15) is 29.1 Å². The van der Waals surface area contributed by atoms with E-state index in [0.717, 1.165) is 51.4 Å². The van der Waals surface area contributed by atoms with Gasteiger partial charge in [-0.1, -0.05) is 76.4 Å².